The number of carbonyl (C=O) groups excluding carboxylic acids is 1. The molecule has 3 heterocycles. The molecule has 2 fully saturated rings. The first-order valence-electron chi connectivity index (χ1n) is 10.1. The topological polar surface area (TPSA) is 95.8 Å². The number of anilines is 1. The molecule has 0 radical (unpaired) electrons. The number of aromatic nitrogens is 1. The van der Waals surface area contributed by atoms with Gasteiger partial charge in [-0.15, -0.1) is 0 Å². The molecule has 12 heteroatoms. The SMILES string of the molecule is CS(=O)(=O)N[C@@H]1CN2C(=O)N(c3noc4cccc(-c5ccc(F)cc5)c34)CC[C@@H]2C1(F)F. The zero-order valence-electron chi connectivity index (χ0n) is 17.3. The van der Waals surface area contributed by atoms with Gasteiger partial charge in [-0.25, -0.2) is 31.1 Å². The lowest BCUT2D eigenvalue weighted by Crippen LogP contribution is -2.56. The van der Waals surface area contributed by atoms with Crippen molar-refractivity contribution in [2.75, 3.05) is 24.2 Å². The van der Waals surface area contributed by atoms with E-state index in [0.29, 0.717) is 22.1 Å². The monoisotopic (exact) mass is 480 g/mol. The minimum absolute atomic E-state index is 0.0550. The number of fused-ring (bicyclic) bond motifs is 2. The van der Waals surface area contributed by atoms with E-state index in [9.17, 15) is 26.4 Å². The van der Waals surface area contributed by atoms with E-state index in [1.54, 1.807) is 30.3 Å². The summed E-state index contributed by atoms with van der Waals surface area (Å²) < 4.78 is 73.6. The Morgan fingerprint density at radius 1 is 1.18 bits per heavy atom. The highest BCUT2D eigenvalue weighted by atomic mass is 32.2. The third-order valence-corrected chi connectivity index (χ3v) is 6.73. The molecule has 0 saturated carbocycles. The molecular formula is C21H19F3N4O4S. The Kier molecular flexibility index (Phi) is 4.90. The maximum atomic E-state index is 14.9. The molecule has 2 amide bonds. The van der Waals surface area contributed by atoms with Crippen LogP contribution in [0.1, 0.15) is 6.42 Å². The number of hydrogen-bond donors (Lipinski definition) is 1. The largest absolute Gasteiger partial charge is 0.354 e. The number of urea groups is 1. The lowest BCUT2D eigenvalue weighted by molar-refractivity contribution is -0.0448. The molecule has 5 rings (SSSR count). The smallest absolute Gasteiger partial charge is 0.326 e. The Balaban J connectivity index is 1.52. The third-order valence-electron chi connectivity index (χ3n) is 6.01. The number of hydrogen-bond acceptors (Lipinski definition) is 5. The maximum absolute atomic E-state index is 14.9. The van der Waals surface area contributed by atoms with Gasteiger partial charge in [0, 0.05) is 13.1 Å². The summed E-state index contributed by atoms with van der Waals surface area (Å²) in [5, 5.41) is 4.53. The van der Waals surface area contributed by atoms with Gasteiger partial charge in [-0.1, -0.05) is 29.4 Å². The van der Waals surface area contributed by atoms with Crippen molar-refractivity contribution >= 4 is 32.8 Å². The standard InChI is InChI=1S/C21H19F3N4O4S/c1-33(30,31)26-16-11-28-17(21(16,23)24)9-10-27(20(28)29)19-18-14(3-2-4-15(18)32-25-19)12-5-7-13(22)8-6-12/h2-8,16-17,26H,9-11H2,1H3/t16-,17-/m1/s1. The van der Waals surface area contributed by atoms with Crippen LogP contribution < -0.4 is 9.62 Å². The molecule has 2 aromatic carbocycles. The first kappa shape index (κ1) is 21.7. The number of sulfonamides is 1. The summed E-state index contributed by atoms with van der Waals surface area (Å²) in [7, 11) is -3.90. The van der Waals surface area contributed by atoms with Gasteiger partial charge in [0.2, 0.25) is 10.0 Å². The second-order valence-corrected chi connectivity index (χ2v) is 9.98. The zero-order chi connectivity index (χ0) is 23.5. The number of benzene rings is 2. The highest BCUT2D eigenvalue weighted by Crippen LogP contribution is 2.42. The number of alkyl halides is 2. The molecule has 1 N–H and O–H groups in total. The molecule has 2 aliphatic heterocycles. The molecule has 0 spiro atoms. The number of nitrogens with one attached hydrogen (secondary N) is 1. The summed E-state index contributed by atoms with van der Waals surface area (Å²) >= 11 is 0. The van der Waals surface area contributed by atoms with Crippen molar-refractivity contribution in [3.63, 3.8) is 0 Å². The van der Waals surface area contributed by atoms with E-state index in [1.807, 2.05) is 4.72 Å². The van der Waals surface area contributed by atoms with Crippen LogP contribution >= 0.6 is 0 Å². The first-order chi connectivity index (χ1) is 15.6. The first-order valence-corrected chi connectivity index (χ1v) is 12.0. The van der Waals surface area contributed by atoms with Gasteiger partial charge in [-0.3, -0.25) is 4.90 Å². The van der Waals surface area contributed by atoms with Crippen LogP contribution in [0.2, 0.25) is 0 Å². The van der Waals surface area contributed by atoms with Gasteiger partial charge in [0.25, 0.3) is 5.92 Å². The van der Waals surface area contributed by atoms with E-state index in [0.717, 1.165) is 11.2 Å². The average molecular weight is 480 g/mol. The summed E-state index contributed by atoms with van der Waals surface area (Å²) in [6, 6.07) is 7.06. The van der Waals surface area contributed by atoms with E-state index in [2.05, 4.69) is 5.16 Å². The van der Waals surface area contributed by atoms with Gasteiger partial charge in [-0.2, -0.15) is 0 Å². The Morgan fingerprint density at radius 2 is 1.91 bits per heavy atom. The fourth-order valence-electron chi connectivity index (χ4n) is 4.55. The molecule has 2 saturated heterocycles. The lowest BCUT2D eigenvalue weighted by Gasteiger charge is -2.37. The van der Waals surface area contributed by atoms with E-state index >= 15 is 0 Å². The Hall–Kier alpha value is -3.12. The van der Waals surface area contributed by atoms with Crippen LogP contribution in [0.5, 0.6) is 0 Å². The van der Waals surface area contributed by atoms with Gasteiger partial charge in [0.05, 0.1) is 11.6 Å². The Bertz CT molecular complexity index is 1340. The molecule has 0 bridgehead atoms. The quantitative estimate of drug-likeness (QED) is 0.619. The van der Waals surface area contributed by atoms with Gasteiger partial charge < -0.3 is 9.42 Å². The third kappa shape index (κ3) is 3.62. The van der Waals surface area contributed by atoms with Gasteiger partial charge in [0.1, 0.15) is 17.9 Å². The predicted molar refractivity (Wildman–Crippen MR) is 114 cm³/mol. The second-order valence-electron chi connectivity index (χ2n) is 8.20. The summed E-state index contributed by atoms with van der Waals surface area (Å²) in [6.07, 6.45) is 0.709. The molecular weight excluding hydrogens is 461 g/mol. The van der Waals surface area contributed by atoms with Crippen molar-refractivity contribution in [1.82, 2.24) is 14.8 Å². The fraction of sp³-hybridized carbons (Fsp3) is 0.333. The van der Waals surface area contributed by atoms with Crippen LogP contribution in [-0.2, 0) is 10.0 Å². The van der Waals surface area contributed by atoms with Crippen molar-refractivity contribution < 1.29 is 30.9 Å². The van der Waals surface area contributed by atoms with E-state index in [1.165, 1.54) is 17.0 Å². The maximum Gasteiger partial charge on any atom is 0.326 e. The molecule has 0 unspecified atom stereocenters. The highest BCUT2D eigenvalue weighted by molar-refractivity contribution is 7.88. The van der Waals surface area contributed by atoms with Gasteiger partial charge >= 0.3 is 6.03 Å². The molecule has 8 nitrogen and oxygen atoms in total. The van der Waals surface area contributed by atoms with E-state index < -0.39 is 46.4 Å². The van der Waals surface area contributed by atoms with Crippen LogP contribution in [0.15, 0.2) is 47.0 Å². The normalized spacial score (nSPS) is 22.7. The number of nitrogens with zero attached hydrogens (tertiary/aromatic N) is 3. The number of halogens is 3. The van der Waals surface area contributed by atoms with Crippen LogP contribution in [0.3, 0.4) is 0 Å². The Morgan fingerprint density at radius 3 is 2.61 bits per heavy atom. The van der Waals surface area contributed by atoms with Crippen molar-refractivity contribution in [2.45, 2.75) is 24.4 Å². The molecule has 0 aliphatic carbocycles. The van der Waals surface area contributed by atoms with Crippen LogP contribution in [0.4, 0.5) is 23.8 Å². The van der Waals surface area contributed by atoms with Crippen LogP contribution in [0.25, 0.3) is 22.1 Å². The lowest BCUT2D eigenvalue weighted by atomic mass is 10.0. The summed E-state index contributed by atoms with van der Waals surface area (Å²) in [5.74, 6) is -3.66. The minimum atomic E-state index is -3.90. The second kappa shape index (κ2) is 7.45. The highest BCUT2D eigenvalue weighted by Gasteiger charge is 2.60. The number of rotatable bonds is 4. The predicted octanol–water partition coefficient (Wildman–Crippen LogP) is 3.20. The molecule has 33 heavy (non-hydrogen) atoms. The van der Waals surface area contributed by atoms with Crippen molar-refractivity contribution in [1.29, 1.82) is 0 Å². The molecule has 3 aromatic rings. The zero-order valence-corrected chi connectivity index (χ0v) is 18.2. The van der Waals surface area contributed by atoms with E-state index in [4.69, 9.17) is 4.52 Å². The fourth-order valence-corrected chi connectivity index (χ4v) is 5.30. The molecule has 174 valence electrons. The number of carbonyl (C=O) groups is 1. The molecule has 1 aromatic heterocycles. The van der Waals surface area contributed by atoms with Gasteiger partial charge in [-0.05, 0) is 35.7 Å². The van der Waals surface area contributed by atoms with Gasteiger partial charge in [0.15, 0.2) is 11.4 Å². The average Bonchev–Trinajstić information content (AvgIpc) is 3.28. The minimum Gasteiger partial charge on any atom is -0.354 e. The molecule has 2 aliphatic rings. The van der Waals surface area contributed by atoms with Crippen molar-refractivity contribution in [3.05, 3.63) is 48.3 Å². The van der Waals surface area contributed by atoms with Crippen molar-refractivity contribution in [2.24, 2.45) is 0 Å². The Labute approximate surface area is 187 Å². The van der Waals surface area contributed by atoms with Crippen molar-refractivity contribution in [3.8, 4) is 11.1 Å². The summed E-state index contributed by atoms with van der Waals surface area (Å²) in [5.41, 5.74) is 1.69. The molecule has 2 atom stereocenters. The number of amides is 2. The van der Waals surface area contributed by atoms with Crippen LogP contribution in [0, 0.1) is 5.82 Å². The van der Waals surface area contributed by atoms with E-state index in [-0.39, 0.29) is 18.8 Å². The van der Waals surface area contributed by atoms with Crippen LogP contribution in [-0.4, -0.2) is 61.9 Å². The summed E-state index contributed by atoms with van der Waals surface area (Å²) in [4.78, 5) is 15.5. The summed E-state index contributed by atoms with van der Waals surface area (Å²) in [6.45, 7) is -0.527.